The minimum absolute atomic E-state index is 0. The van der Waals surface area contributed by atoms with E-state index in [1.165, 1.54) is 5.56 Å². The molecule has 2 aromatic rings. The van der Waals surface area contributed by atoms with Gasteiger partial charge in [-0.1, -0.05) is 57.9 Å². The maximum absolute atomic E-state index is 12.3. The van der Waals surface area contributed by atoms with Crippen LogP contribution in [0.4, 0.5) is 0 Å². The van der Waals surface area contributed by atoms with E-state index in [0.29, 0.717) is 0 Å². The molecule has 0 bridgehead atoms. The van der Waals surface area contributed by atoms with Crippen molar-refractivity contribution in [1.82, 2.24) is 5.32 Å². The molecule has 0 aliphatic carbocycles. The predicted molar refractivity (Wildman–Crippen MR) is 101 cm³/mol. The molecule has 2 atom stereocenters. The van der Waals surface area contributed by atoms with Crippen LogP contribution >= 0.6 is 28.3 Å². The third-order valence-corrected chi connectivity index (χ3v) is 4.03. The Labute approximate surface area is 152 Å². The molecule has 2 aromatic carbocycles. The van der Waals surface area contributed by atoms with Gasteiger partial charge in [-0.25, -0.2) is 0 Å². The highest BCUT2D eigenvalue weighted by atomic mass is 79.9. The molecular weight excluding hydrogens is 376 g/mol. The number of hydrogen-bond donors (Lipinski definition) is 2. The SMILES string of the molecule is Cc1ccc(C(N)C(=O)NC(C)Cc2cccc(Br)c2)cc1.Cl. The second-order valence-electron chi connectivity index (χ2n) is 5.63. The summed E-state index contributed by atoms with van der Waals surface area (Å²) >= 11 is 3.46. The lowest BCUT2D eigenvalue weighted by Gasteiger charge is -2.18. The summed E-state index contributed by atoms with van der Waals surface area (Å²) in [5.74, 6) is -0.147. The van der Waals surface area contributed by atoms with E-state index in [1.807, 2.05) is 56.3 Å². The monoisotopic (exact) mass is 396 g/mol. The van der Waals surface area contributed by atoms with E-state index in [4.69, 9.17) is 5.73 Å². The lowest BCUT2D eigenvalue weighted by atomic mass is 10.0. The molecule has 0 aliphatic heterocycles. The molecule has 0 aliphatic rings. The van der Waals surface area contributed by atoms with Gasteiger partial charge in [-0.05, 0) is 43.5 Å². The molecule has 5 heteroatoms. The van der Waals surface area contributed by atoms with Gasteiger partial charge in [0.15, 0.2) is 0 Å². The minimum Gasteiger partial charge on any atom is -0.352 e. The normalized spacial score (nSPS) is 12.9. The van der Waals surface area contributed by atoms with Gasteiger partial charge in [0, 0.05) is 10.5 Å². The Balaban J connectivity index is 0.00000264. The molecule has 0 heterocycles. The molecule has 23 heavy (non-hydrogen) atoms. The fraction of sp³-hybridized carbons (Fsp3) is 0.278. The van der Waals surface area contributed by atoms with Gasteiger partial charge in [-0.3, -0.25) is 4.79 Å². The van der Waals surface area contributed by atoms with E-state index in [2.05, 4.69) is 27.3 Å². The number of amides is 1. The zero-order chi connectivity index (χ0) is 16.1. The van der Waals surface area contributed by atoms with Crippen molar-refractivity contribution < 1.29 is 4.79 Å². The average molecular weight is 398 g/mol. The summed E-state index contributed by atoms with van der Waals surface area (Å²) in [6, 6.07) is 15.2. The van der Waals surface area contributed by atoms with Crippen molar-refractivity contribution in [3.63, 3.8) is 0 Å². The van der Waals surface area contributed by atoms with Gasteiger partial charge in [-0.2, -0.15) is 0 Å². The van der Waals surface area contributed by atoms with Gasteiger partial charge >= 0.3 is 0 Å². The van der Waals surface area contributed by atoms with E-state index in [-0.39, 0.29) is 24.4 Å². The molecule has 2 rings (SSSR count). The standard InChI is InChI=1S/C18H21BrN2O.ClH/c1-12-6-8-15(9-7-12)17(20)18(22)21-13(2)10-14-4-3-5-16(19)11-14;/h3-9,11,13,17H,10,20H2,1-2H3,(H,21,22);1H. The molecule has 0 saturated heterocycles. The highest BCUT2D eigenvalue weighted by Gasteiger charge is 2.17. The Bertz CT molecular complexity index is 646. The molecule has 2 unspecified atom stereocenters. The van der Waals surface area contributed by atoms with Crippen LogP contribution in [0.15, 0.2) is 53.0 Å². The van der Waals surface area contributed by atoms with Crippen LogP contribution in [0.5, 0.6) is 0 Å². The van der Waals surface area contributed by atoms with Gasteiger partial charge in [0.2, 0.25) is 5.91 Å². The van der Waals surface area contributed by atoms with E-state index in [1.54, 1.807) is 0 Å². The van der Waals surface area contributed by atoms with Gasteiger partial charge in [0.25, 0.3) is 0 Å². The van der Waals surface area contributed by atoms with E-state index in [9.17, 15) is 4.79 Å². The van der Waals surface area contributed by atoms with Crippen molar-refractivity contribution >= 4 is 34.2 Å². The zero-order valence-corrected chi connectivity index (χ0v) is 15.7. The number of benzene rings is 2. The summed E-state index contributed by atoms with van der Waals surface area (Å²) in [4.78, 5) is 12.3. The van der Waals surface area contributed by atoms with Crippen LogP contribution in [0.2, 0.25) is 0 Å². The molecule has 1 amide bonds. The van der Waals surface area contributed by atoms with Crippen molar-refractivity contribution in [3.05, 3.63) is 69.7 Å². The average Bonchev–Trinajstić information content (AvgIpc) is 2.47. The first-order valence-electron chi connectivity index (χ1n) is 7.32. The van der Waals surface area contributed by atoms with Gasteiger partial charge in [0.1, 0.15) is 6.04 Å². The number of nitrogens with two attached hydrogens (primary N) is 1. The zero-order valence-electron chi connectivity index (χ0n) is 13.3. The lowest BCUT2D eigenvalue weighted by Crippen LogP contribution is -2.40. The lowest BCUT2D eigenvalue weighted by molar-refractivity contribution is -0.123. The summed E-state index contributed by atoms with van der Waals surface area (Å²) in [7, 11) is 0. The number of aryl methyl sites for hydroxylation is 1. The fourth-order valence-electron chi connectivity index (χ4n) is 2.33. The number of carbonyl (C=O) groups excluding carboxylic acids is 1. The number of rotatable bonds is 5. The first-order valence-corrected chi connectivity index (χ1v) is 8.12. The summed E-state index contributed by atoms with van der Waals surface area (Å²) in [6.45, 7) is 4.00. The van der Waals surface area contributed by atoms with Crippen LogP contribution in [0.1, 0.15) is 29.7 Å². The predicted octanol–water partition coefficient (Wildman–Crippen LogP) is 3.93. The maximum atomic E-state index is 12.3. The number of carbonyl (C=O) groups is 1. The highest BCUT2D eigenvalue weighted by Crippen LogP contribution is 2.14. The molecule has 0 fully saturated rings. The van der Waals surface area contributed by atoms with E-state index < -0.39 is 6.04 Å². The molecule has 3 nitrogen and oxygen atoms in total. The first kappa shape index (κ1) is 19.7. The second kappa shape index (κ2) is 9.06. The second-order valence-corrected chi connectivity index (χ2v) is 6.55. The molecule has 124 valence electrons. The van der Waals surface area contributed by atoms with Crippen LogP contribution in [0.25, 0.3) is 0 Å². The van der Waals surface area contributed by atoms with Crippen LogP contribution < -0.4 is 11.1 Å². The smallest absolute Gasteiger partial charge is 0.241 e. The van der Waals surface area contributed by atoms with Crippen molar-refractivity contribution in [3.8, 4) is 0 Å². The molecule has 3 N–H and O–H groups in total. The number of halogens is 2. The van der Waals surface area contributed by atoms with Crippen molar-refractivity contribution in [2.45, 2.75) is 32.4 Å². The Morgan fingerprint density at radius 3 is 2.48 bits per heavy atom. The Morgan fingerprint density at radius 1 is 1.22 bits per heavy atom. The molecule has 0 spiro atoms. The largest absolute Gasteiger partial charge is 0.352 e. The van der Waals surface area contributed by atoms with Crippen LogP contribution in [0, 0.1) is 6.92 Å². The van der Waals surface area contributed by atoms with Crippen LogP contribution in [0.3, 0.4) is 0 Å². The number of hydrogen-bond acceptors (Lipinski definition) is 2. The van der Waals surface area contributed by atoms with Gasteiger partial charge in [0.05, 0.1) is 0 Å². The maximum Gasteiger partial charge on any atom is 0.241 e. The van der Waals surface area contributed by atoms with Crippen molar-refractivity contribution in [2.75, 3.05) is 0 Å². The molecule has 0 saturated carbocycles. The van der Waals surface area contributed by atoms with E-state index in [0.717, 1.165) is 22.0 Å². The first-order chi connectivity index (χ1) is 10.5. The van der Waals surface area contributed by atoms with Gasteiger partial charge < -0.3 is 11.1 Å². The quantitative estimate of drug-likeness (QED) is 0.803. The van der Waals surface area contributed by atoms with Gasteiger partial charge in [-0.15, -0.1) is 12.4 Å². The summed E-state index contributed by atoms with van der Waals surface area (Å²) in [5, 5.41) is 2.98. The molecule has 0 radical (unpaired) electrons. The summed E-state index contributed by atoms with van der Waals surface area (Å²) in [5.41, 5.74) is 9.19. The molecular formula is C18H22BrClN2O. The highest BCUT2D eigenvalue weighted by molar-refractivity contribution is 9.10. The molecule has 0 aromatic heterocycles. The Hall–Kier alpha value is -1.36. The third kappa shape index (κ3) is 5.98. The Kier molecular flexibility index (Phi) is 7.76. The topological polar surface area (TPSA) is 55.1 Å². The van der Waals surface area contributed by atoms with Crippen molar-refractivity contribution in [1.29, 1.82) is 0 Å². The van der Waals surface area contributed by atoms with Crippen LogP contribution in [-0.2, 0) is 11.2 Å². The van der Waals surface area contributed by atoms with Crippen LogP contribution in [-0.4, -0.2) is 11.9 Å². The minimum atomic E-state index is -0.634. The fourth-order valence-corrected chi connectivity index (χ4v) is 2.77. The van der Waals surface area contributed by atoms with E-state index >= 15 is 0 Å². The summed E-state index contributed by atoms with van der Waals surface area (Å²) < 4.78 is 1.04. The Morgan fingerprint density at radius 2 is 1.87 bits per heavy atom. The third-order valence-electron chi connectivity index (χ3n) is 3.54. The van der Waals surface area contributed by atoms with Crippen molar-refractivity contribution in [2.24, 2.45) is 5.73 Å². The summed E-state index contributed by atoms with van der Waals surface area (Å²) in [6.07, 6.45) is 0.770. The number of nitrogens with one attached hydrogen (secondary N) is 1.